The van der Waals surface area contributed by atoms with E-state index in [1.54, 1.807) is 0 Å². The van der Waals surface area contributed by atoms with Gasteiger partial charge in [0.2, 0.25) is 0 Å². The van der Waals surface area contributed by atoms with Crippen molar-refractivity contribution in [1.29, 1.82) is 0 Å². The molecule has 2 heterocycles. The van der Waals surface area contributed by atoms with Gasteiger partial charge < -0.3 is 8.83 Å². The summed E-state index contributed by atoms with van der Waals surface area (Å²) in [5.74, 6) is 0. The average molecular weight is 447 g/mol. The maximum absolute atomic E-state index is 6.23. The van der Waals surface area contributed by atoms with E-state index in [4.69, 9.17) is 8.83 Å². The van der Waals surface area contributed by atoms with Crippen LogP contribution in [0.5, 0.6) is 0 Å². The van der Waals surface area contributed by atoms with Crippen LogP contribution in [0.2, 0.25) is 0 Å². The van der Waals surface area contributed by atoms with E-state index in [0.717, 1.165) is 28.8 Å². The Morgan fingerprint density at radius 3 is 1.94 bits per heavy atom. The summed E-state index contributed by atoms with van der Waals surface area (Å²) < 4.78 is 12.3. The van der Waals surface area contributed by atoms with Crippen molar-refractivity contribution in [1.82, 2.24) is 0 Å². The lowest BCUT2D eigenvalue weighted by Gasteiger charge is -2.25. The second kappa shape index (κ2) is 7.24. The van der Waals surface area contributed by atoms with Gasteiger partial charge in [-0.3, -0.25) is 0 Å². The molecule has 6 rings (SSSR count). The Bertz CT molecular complexity index is 1690. The lowest BCUT2D eigenvalue weighted by molar-refractivity contribution is 0.523. The minimum atomic E-state index is -0.0286. The Morgan fingerprint density at radius 1 is 0.529 bits per heavy atom. The molecule has 2 nitrogen and oxygen atoms in total. The predicted octanol–water partition coefficient (Wildman–Crippen LogP) is 9.30. The lowest BCUT2D eigenvalue weighted by atomic mass is 9.78. The van der Waals surface area contributed by atoms with Crippen LogP contribution in [-0.4, -0.2) is 0 Å². The summed E-state index contributed by atoms with van der Waals surface area (Å²) in [7, 11) is 0. The van der Waals surface area contributed by atoms with Gasteiger partial charge in [-0.1, -0.05) is 77.1 Å². The van der Waals surface area contributed by atoms with E-state index in [9.17, 15) is 0 Å². The van der Waals surface area contributed by atoms with Crippen LogP contribution in [-0.2, 0) is 17.3 Å². The minimum Gasteiger partial charge on any atom is -0.456 e. The third kappa shape index (κ3) is 3.40. The van der Waals surface area contributed by atoms with Crippen molar-refractivity contribution in [2.75, 3.05) is 0 Å². The molecule has 0 atom stereocenters. The fourth-order valence-electron chi connectivity index (χ4n) is 5.16. The van der Waals surface area contributed by atoms with Gasteiger partial charge in [0, 0.05) is 21.5 Å². The van der Waals surface area contributed by atoms with Gasteiger partial charge in [-0.2, -0.15) is 0 Å². The molecule has 0 saturated carbocycles. The van der Waals surface area contributed by atoms with Crippen molar-refractivity contribution < 1.29 is 8.83 Å². The fourth-order valence-corrected chi connectivity index (χ4v) is 5.16. The molecule has 4 aromatic carbocycles. The Kier molecular flexibility index (Phi) is 4.48. The van der Waals surface area contributed by atoms with Gasteiger partial charge in [0.05, 0.1) is 0 Å². The van der Waals surface area contributed by atoms with Gasteiger partial charge in [0.25, 0.3) is 0 Å². The highest BCUT2D eigenvalue weighted by Gasteiger charge is 2.23. The second-order valence-electron chi connectivity index (χ2n) is 11.3. The molecule has 170 valence electrons. The molecule has 0 fully saturated rings. The van der Waals surface area contributed by atoms with Gasteiger partial charge >= 0.3 is 0 Å². The van der Waals surface area contributed by atoms with Crippen LogP contribution < -0.4 is 0 Å². The molecule has 0 aliphatic rings. The third-order valence-corrected chi connectivity index (χ3v) is 7.21. The molecular formula is C32H30O2. The number of hydrogen-bond acceptors (Lipinski definition) is 2. The lowest BCUT2D eigenvalue weighted by Crippen LogP contribution is -2.20. The van der Waals surface area contributed by atoms with E-state index in [1.165, 1.54) is 38.2 Å². The SMILES string of the molecule is CC(C)(C)c1ccc2c(c1)oc1ccc(CC(C)(C)c3ccc4oc5ccccc5c4c3)cc12. The van der Waals surface area contributed by atoms with Crippen LogP contribution in [0.1, 0.15) is 51.3 Å². The van der Waals surface area contributed by atoms with Crippen molar-refractivity contribution in [3.63, 3.8) is 0 Å². The molecule has 0 spiro atoms. The molecule has 0 saturated heterocycles. The van der Waals surface area contributed by atoms with Crippen LogP contribution in [0.25, 0.3) is 43.9 Å². The molecule has 6 aromatic rings. The van der Waals surface area contributed by atoms with Gasteiger partial charge in [0.15, 0.2) is 0 Å². The van der Waals surface area contributed by atoms with E-state index in [2.05, 4.69) is 101 Å². The fraction of sp³-hybridized carbons (Fsp3) is 0.250. The van der Waals surface area contributed by atoms with Gasteiger partial charge in [-0.15, -0.1) is 0 Å². The Labute approximate surface area is 200 Å². The zero-order chi connectivity index (χ0) is 23.7. The van der Waals surface area contributed by atoms with Gasteiger partial charge in [0.1, 0.15) is 22.3 Å². The molecule has 0 amide bonds. The maximum atomic E-state index is 6.23. The molecule has 34 heavy (non-hydrogen) atoms. The number of furan rings is 2. The first-order valence-corrected chi connectivity index (χ1v) is 12.1. The number of benzene rings is 4. The maximum Gasteiger partial charge on any atom is 0.135 e. The van der Waals surface area contributed by atoms with Crippen LogP contribution in [0.3, 0.4) is 0 Å². The number of rotatable bonds is 3. The molecule has 2 aromatic heterocycles. The van der Waals surface area contributed by atoms with Crippen LogP contribution in [0, 0.1) is 0 Å². The van der Waals surface area contributed by atoms with Gasteiger partial charge in [-0.05, 0) is 70.3 Å². The summed E-state index contributed by atoms with van der Waals surface area (Å²) in [4.78, 5) is 0. The summed E-state index contributed by atoms with van der Waals surface area (Å²) in [5.41, 5.74) is 7.81. The smallest absolute Gasteiger partial charge is 0.135 e. The third-order valence-electron chi connectivity index (χ3n) is 7.21. The first-order chi connectivity index (χ1) is 16.2. The van der Waals surface area contributed by atoms with E-state index in [0.29, 0.717) is 0 Å². The van der Waals surface area contributed by atoms with Crippen LogP contribution >= 0.6 is 0 Å². The molecule has 0 N–H and O–H groups in total. The molecule has 0 unspecified atom stereocenters. The monoisotopic (exact) mass is 446 g/mol. The quantitative estimate of drug-likeness (QED) is 0.271. The zero-order valence-electron chi connectivity index (χ0n) is 20.5. The Morgan fingerprint density at radius 2 is 1.15 bits per heavy atom. The topological polar surface area (TPSA) is 26.3 Å². The average Bonchev–Trinajstić information content (AvgIpc) is 3.35. The normalized spacial score (nSPS) is 13.0. The van der Waals surface area contributed by atoms with E-state index in [1.807, 2.05) is 12.1 Å². The van der Waals surface area contributed by atoms with Crippen LogP contribution in [0.4, 0.5) is 0 Å². The molecule has 2 heteroatoms. The summed E-state index contributed by atoms with van der Waals surface area (Å²) in [6.45, 7) is 11.4. The first-order valence-electron chi connectivity index (χ1n) is 12.1. The van der Waals surface area contributed by atoms with Gasteiger partial charge in [-0.25, -0.2) is 0 Å². The van der Waals surface area contributed by atoms with Crippen LogP contribution in [0.15, 0.2) is 87.7 Å². The van der Waals surface area contributed by atoms with E-state index < -0.39 is 0 Å². The Hall–Kier alpha value is -3.52. The molecule has 0 aliphatic carbocycles. The largest absolute Gasteiger partial charge is 0.456 e. The molecular weight excluding hydrogens is 416 g/mol. The van der Waals surface area contributed by atoms with E-state index >= 15 is 0 Å². The summed E-state index contributed by atoms with van der Waals surface area (Å²) in [6.07, 6.45) is 0.941. The summed E-state index contributed by atoms with van der Waals surface area (Å²) in [5, 5.41) is 4.75. The summed E-state index contributed by atoms with van der Waals surface area (Å²) >= 11 is 0. The Balaban J connectivity index is 1.38. The highest BCUT2D eigenvalue weighted by molar-refractivity contribution is 6.06. The standard InChI is InChI=1S/C32H30O2/c1-31(2,3)21-11-13-24-25-16-20(10-14-28(25)34-30(24)18-21)19-32(4,5)22-12-15-29-26(17-22)23-8-6-7-9-27(23)33-29/h6-18H,19H2,1-5H3. The number of para-hydroxylation sites is 1. The van der Waals surface area contributed by atoms with Crippen molar-refractivity contribution in [3.8, 4) is 0 Å². The van der Waals surface area contributed by atoms with Crippen molar-refractivity contribution >= 4 is 43.9 Å². The summed E-state index contributed by atoms with van der Waals surface area (Å²) in [6, 6.07) is 28.2. The van der Waals surface area contributed by atoms with Crippen molar-refractivity contribution in [2.45, 2.75) is 51.9 Å². The zero-order valence-corrected chi connectivity index (χ0v) is 20.5. The van der Waals surface area contributed by atoms with E-state index in [-0.39, 0.29) is 10.8 Å². The number of hydrogen-bond donors (Lipinski definition) is 0. The molecule has 0 radical (unpaired) electrons. The molecule has 0 aliphatic heterocycles. The molecule has 0 bridgehead atoms. The second-order valence-corrected chi connectivity index (χ2v) is 11.3. The first kappa shape index (κ1) is 21.0. The predicted molar refractivity (Wildman–Crippen MR) is 143 cm³/mol. The highest BCUT2D eigenvalue weighted by atomic mass is 16.3. The van der Waals surface area contributed by atoms with Crippen molar-refractivity contribution in [2.24, 2.45) is 0 Å². The number of fused-ring (bicyclic) bond motifs is 6. The van der Waals surface area contributed by atoms with Crippen molar-refractivity contribution in [3.05, 3.63) is 95.6 Å². The minimum absolute atomic E-state index is 0.0286. The highest BCUT2D eigenvalue weighted by Crippen LogP contribution is 2.37.